The fourth-order valence-electron chi connectivity index (χ4n) is 1.60. The van der Waals surface area contributed by atoms with Crippen molar-refractivity contribution in [1.29, 1.82) is 0 Å². The molecule has 1 heterocycles. The van der Waals surface area contributed by atoms with Crippen molar-refractivity contribution in [3.63, 3.8) is 0 Å². The Morgan fingerprint density at radius 2 is 1.24 bits per heavy atom. The number of hydrogen-bond acceptors (Lipinski definition) is 3. The van der Waals surface area contributed by atoms with E-state index >= 15 is 0 Å². The predicted octanol–water partition coefficient (Wildman–Crippen LogP) is 2.88. The standard InChI is InChI=1S/C10H8F11NO3/c11-6(8(14,15)16,5(23)22-1-3-24-4-2-22)25-10(20,21)7(12,13)9(17,18)19/h1-4H2. The first kappa shape index (κ1) is 21.7. The summed E-state index contributed by atoms with van der Waals surface area (Å²) in [6.07, 6.45) is -20.8. The van der Waals surface area contributed by atoms with Gasteiger partial charge in [-0.05, 0) is 0 Å². The highest BCUT2D eigenvalue weighted by Crippen LogP contribution is 2.51. The average Bonchev–Trinajstić information content (AvgIpc) is 2.44. The van der Waals surface area contributed by atoms with Crippen molar-refractivity contribution in [3.8, 4) is 0 Å². The van der Waals surface area contributed by atoms with Crippen LogP contribution >= 0.6 is 0 Å². The minimum absolute atomic E-state index is 0.0567. The van der Waals surface area contributed by atoms with E-state index in [1.807, 2.05) is 0 Å². The van der Waals surface area contributed by atoms with Crippen LogP contribution in [0.15, 0.2) is 0 Å². The summed E-state index contributed by atoms with van der Waals surface area (Å²) in [4.78, 5) is 11.5. The monoisotopic (exact) mass is 399 g/mol. The van der Waals surface area contributed by atoms with Crippen molar-refractivity contribution in [2.24, 2.45) is 0 Å². The molecule has 1 unspecified atom stereocenters. The van der Waals surface area contributed by atoms with Crippen LogP contribution in [0.25, 0.3) is 0 Å². The molecule has 0 N–H and O–H groups in total. The van der Waals surface area contributed by atoms with Gasteiger partial charge < -0.3 is 9.64 Å². The molecule has 0 bridgehead atoms. The lowest BCUT2D eigenvalue weighted by Gasteiger charge is -2.37. The average molecular weight is 399 g/mol. The van der Waals surface area contributed by atoms with E-state index in [1.54, 1.807) is 0 Å². The topological polar surface area (TPSA) is 38.8 Å². The van der Waals surface area contributed by atoms with Crippen LogP contribution in [-0.4, -0.2) is 67.3 Å². The first-order valence-electron chi connectivity index (χ1n) is 6.12. The molecule has 1 aliphatic rings. The van der Waals surface area contributed by atoms with Gasteiger partial charge in [-0.3, -0.25) is 9.53 Å². The molecule has 0 spiro atoms. The Morgan fingerprint density at radius 1 is 0.800 bits per heavy atom. The van der Waals surface area contributed by atoms with Gasteiger partial charge in [0.2, 0.25) is 0 Å². The maximum absolute atomic E-state index is 13.9. The quantitative estimate of drug-likeness (QED) is 0.683. The minimum atomic E-state index is -7.20. The second-order valence-corrected chi connectivity index (χ2v) is 4.69. The Morgan fingerprint density at radius 3 is 1.60 bits per heavy atom. The molecule has 0 aromatic carbocycles. The van der Waals surface area contributed by atoms with Crippen LogP contribution in [0.3, 0.4) is 0 Å². The lowest BCUT2D eigenvalue weighted by Crippen LogP contribution is -2.64. The molecular formula is C10H8F11NO3. The van der Waals surface area contributed by atoms with E-state index in [9.17, 15) is 53.1 Å². The summed E-state index contributed by atoms with van der Waals surface area (Å²) in [6.45, 7) is -2.42. The highest BCUT2D eigenvalue weighted by molar-refractivity contribution is 5.84. The minimum Gasteiger partial charge on any atom is -0.378 e. The number of carbonyl (C=O) groups is 1. The van der Waals surface area contributed by atoms with Crippen molar-refractivity contribution in [2.75, 3.05) is 26.3 Å². The van der Waals surface area contributed by atoms with Crippen molar-refractivity contribution in [3.05, 3.63) is 0 Å². The summed E-state index contributed by atoms with van der Waals surface area (Å²) in [7, 11) is 0. The Hall–Kier alpha value is -1.38. The van der Waals surface area contributed by atoms with Crippen molar-refractivity contribution in [2.45, 2.75) is 30.2 Å². The summed E-state index contributed by atoms with van der Waals surface area (Å²) in [5.74, 6) is -16.2. The first-order valence-corrected chi connectivity index (χ1v) is 6.12. The van der Waals surface area contributed by atoms with Crippen LogP contribution in [-0.2, 0) is 14.3 Å². The van der Waals surface area contributed by atoms with E-state index < -0.39 is 62.4 Å². The van der Waals surface area contributed by atoms with Crippen LogP contribution in [0, 0.1) is 0 Å². The number of ether oxygens (including phenoxy) is 2. The molecule has 1 atom stereocenters. The van der Waals surface area contributed by atoms with E-state index in [1.165, 1.54) is 0 Å². The zero-order chi connectivity index (χ0) is 19.9. The smallest absolute Gasteiger partial charge is 0.378 e. The Labute approximate surface area is 131 Å². The Kier molecular flexibility index (Phi) is 5.55. The fraction of sp³-hybridized carbons (Fsp3) is 0.900. The van der Waals surface area contributed by atoms with Gasteiger partial charge in [-0.2, -0.15) is 48.3 Å². The zero-order valence-electron chi connectivity index (χ0n) is 11.7. The molecular weight excluding hydrogens is 391 g/mol. The normalized spacial score (nSPS) is 20.4. The van der Waals surface area contributed by atoms with E-state index in [-0.39, 0.29) is 4.90 Å². The number of morpholine rings is 1. The molecule has 1 rings (SSSR count). The van der Waals surface area contributed by atoms with Crippen molar-refractivity contribution >= 4 is 5.91 Å². The summed E-state index contributed by atoms with van der Waals surface area (Å²) in [5.41, 5.74) is 0. The van der Waals surface area contributed by atoms with Crippen LogP contribution < -0.4 is 0 Å². The van der Waals surface area contributed by atoms with Gasteiger partial charge in [-0.25, -0.2) is 0 Å². The molecule has 4 nitrogen and oxygen atoms in total. The largest absolute Gasteiger partial charge is 0.462 e. The van der Waals surface area contributed by atoms with E-state index in [0.717, 1.165) is 0 Å². The molecule has 1 aliphatic heterocycles. The second kappa shape index (κ2) is 6.41. The van der Waals surface area contributed by atoms with Gasteiger partial charge in [0.25, 0.3) is 5.91 Å². The van der Waals surface area contributed by atoms with Crippen molar-refractivity contribution < 1.29 is 62.6 Å². The number of halogens is 11. The van der Waals surface area contributed by atoms with E-state index in [2.05, 4.69) is 9.47 Å². The molecule has 1 saturated heterocycles. The Balaban J connectivity index is 3.25. The van der Waals surface area contributed by atoms with E-state index in [4.69, 9.17) is 0 Å². The number of hydrogen-bond donors (Lipinski definition) is 0. The number of alkyl halides is 11. The van der Waals surface area contributed by atoms with Crippen LogP contribution in [0.2, 0.25) is 0 Å². The lowest BCUT2D eigenvalue weighted by atomic mass is 10.2. The molecule has 148 valence electrons. The second-order valence-electron chi connectivity index (χ2n) is 4.69. The van der Waals surface area contributed by atoms with Gasteiger partial charge in [-0.1, -0.05) is 0 Å². The van der Waals surface area contributed by atoms with Crippen LogP contribution in [0.1, 0.15) is 0 Å². The van der Waals surface area contributed by atoms with Crippen LogP contribution in [0.4, 0.5) is 48.3 Å². The highest BCUT2D eigenvalue weighted by atomic mass is 19.4. The molecule has 1 amide bonds. The van der Waals surface area contributed by atoms with Gasteiger partial charge >= 0.3 is 30.2 Å². The van der Waals surface area contributed by atoms with Gasteiger partial charge in [-0.15, -0.1) is 0 Å². The van der Waals surface area contributed by atoms with Gasteiger partial charge in [0, 0.05) is 13.1 Å². The Bertz CT molecular complexity index is 497. The summed E-state index contributed by atoms with van der Waals surface area (Å²) < 4.78 is 146. The SMILES string of the molecule is O=C(N1CCOCC1)C(F)(OC(F)(F)C(F)(F)C(F)(F)F)C(F)(F)F. The maximum Gasteiger partial charge on any atom is 0.462 e. The molecule has 0 aromatic rings. The highest BCUT2D eigenvalue weighted by Gasteiger charge is 2.79. The molecule has 1 fully saturated rings. The molecule has 25 heavy (non-hydrogen) atoms. The molecule has 15 heteroatoms. The first-order chi connectivity index (χ1) is 11.0. The van der Waals surface area contributed by atoms with Crippen LogP contribution in [0.5, 0.6) is 0 Å². The van der Waals surface area contributed by atoms with Gasteiger partial charge in [0.05, 0.1) is 13.2 Å². The summed E-state index contributed by atoms with van der Waals surface area (Å²) >= 11 is 0. The third kappa shape index (κ3) is 3.91. The number of carbonyl (C=O) groups excluding carboxylic acids is 1. The third-order valence-corrected chi connectivity index (χ3v) is 2.93. The zero-order valence-corrected chi connectivity index (χ0v) is 11.7. The molecule has 0 aromatic heterocycles. The number of amides is 1. The summed E-state index contributed by atoms with van der Waals surface area (Å²) in [5, 5.41) is 0. The number of rotatable bonds is 4. The fourth-order valence-corrected chi connectivity index (χ4v) is 1.60. The van der Waals surface area contributed by atoms with Gasteiger partial charge in [0.1, 0.15) is 0 Å². The van der Waals surface area contributed by atoms with Crippen molar-refractivity contribution in [1.82, 2.24) is 4.90 Å². The number of nitrogens with zero attached hydrogens (tertiary/aromatic N) is 1. The lowest BCUT2D eigenvalue weighted by molar-refractivity contribution is -0.473. The molecule has 0 aliphatic carbocycles. The third-order valence-electron chi connectivity index (χ3n) is 2.93. The molecule has 0 radical (unpaired) electrons. The molecule has 0 saturated carbocycles. The predicted molar refractivity (Wildman–Crippen MR) is 54.3 cm³/mol. The maximum atomic E-state index is 13.9. The van der Waals surface area contributed by atoms with E-state index in [0.29, 0.717) is 0 Å². The summed E-state index contributed by atoms with van der Waals surface area (Å²) in [6, 6.07) is 0. The van der Waals surface area contributed by atoms with Gasteiger partial charge in [0.15, 0.2) is 0 Å².